The Morgan fingerprint density at radius 3 is 2.40 bits per heavy atom. The molecule has 2 atom stereocenters. The third-order valence-corrected chi connectivity index (χ3v) is 4.80. The van der Waals surface area contributed by atoms with Crippen LogP contribution >= 0.6 is 0 Å². The van der Waals surface area contributed by atoms with Gasteiger partial charge in [0.1, 0.15) is 0 Å². The van der Waals surface area contributed by atoms with E-state index in [-0.39, 0.29) is 11.4 Å². The van der Waals surface area contributed by atoms with Crippen LogP contribution in [0.15, 0.2) is 10.2 Å². The number of nitrogens with two attached hydrogens (primary N) is 2. The molecule has 4 heteroatoms. The molecule has 4 N–H and O–H groups in total. The summed E-state index contributed by atoms with van der Waals surface area (Å²) >= 11 is 0. The predicted octanol–water partition coefficient (Wildman–Crippen LogP) is 1.46. The van der Waals surface area contributed by atoms with Gasteiger partial charge in [0.15, 0.2) is 0 Å². The van der Waals surface area contributed by atoms with Gasteiger partial charge in [0.2, 0.25) is 5.96 Å². The first-order valence-corrected chi connectivity index (χ1v) is 5.54. The summed E-state index contributed by atoms with van der Waals surface area (Å²) in [6.45, 7) is 6.96. The van der Waals surface area contributed by atoms with Crippen molar-refractivity contribution < 1.29 is 0 Å². The van der Waals surface area contributed by atoms with Gasteiger partial charge in [-0.3, -0.25) is 0 Å². The van der Waals surface area contributed by atoms with Crippen LogP contribution in [-0.4, -0.2) is 11.7 Å². The van der Waals surface area contributed by atoms with Crippen LogP contribution in [0.4, 0.5) is 0 Å². The summed E-state index contributed by atoms with van der Waals surface area (Å²) in [4.78, 5) is 0. The van der Waals surface area contributed by atoms with Crippen LogP contribution in [0.5, 0.6) is 0 Å². The topological polar surface area (TPSA) is 76.8 Å². The molecule has 0 aromatic carbocycles. The fourth-order valence-corrected chi connectivity index (χ4v) is 3.20. The van der Waals surface area contributed by atoms with Crippen LogP contribution in [0, 0.1) is 16.7 Å². The molecule has 0 amide bonds. The lowest BCUT2D eigenvalue weighted by Gasteiger charge is -2.34. The van der Waals surface area contributed by atoms with Gasteiger partial charge in [0.25, 0.3) is 0 Å². The molecule has 2 rings (SSSR count). The molecule has 0 unspecified atom stereocenters. The van der Waals surface area contributed by atoms with E-state index in [4.69, 9.17) is 11.5 Å². The second-order valence-electron chi connectivity index (χ2n) is 5.57. The van der Waals surface area contributed by atoms with Gasteiger partial charge in [-0.2, -0.15) is 5.10 Å². The largest absolute Gasteiger partial charge is 0.369 e. The van der Waals surface area contributed by atoms with Crippen molar-refractivity contribution in [1.82, 2.24) is 0 Å². The average molecular weight is 208 g/mol. The lowest BCUT2D eigenvalue weighted by atomic mass is 9.70. The van der Waals surface area contributed by atoms with E-state index in [0.29, 0.717) is 5.41 Å². The van der Waals surface area contributed by atoms with E-state index in [1.165, 1.54) is 18.6 Å². The quantitative estimate of drug-likeness (QED) is 0.389. The Labute approximate surface area is 90.8 Å². The maximum Gasteiger partial charge on any atom is 0.211 e. The molecular weight excluding hydrogens is 188 g/mol. The summed E-state index contributed by atoms with van der Waals surface area (Å²) in [6, 6.07) is 0. The molecule has 0 aromatic heterocycles. The Hall–Kier alpha value is -1.06. The van der Waals surface area contributed by atoms with E-state index in [1.807, 2.05) is 0 Å². The van der Waals surface area contributed by atoms with E-state index < -0.39 is 0 Å². The molecule has 15 heavy (non-hydrogen) atoms. The number of hydrogen-bond donors (Lipinski definition) is 2. The molecule has 2 aliphatic rings. The first-order chi connectivity index (χ1) is 6.88. The van der Waals surface area contributed by atoms with Gasteiger partial charge in [-0.25, -0.2) is 0 Å². The summed E-state index contributed by atoms with van der Waals surface area (Å²) in [5, 5.41) is 8.02. The number of hydrogen-bond acceptors (Lipinski definition) is 2. The average Bonchev–Trinajstić information content (AvgIpc) is 2.46. The van der Waals surface area contributed by atoms with Crippen LogP contribution in [-0.2, 0) is 0 Å². The smallest absolute Gasteiger partial charge is 0.211 e. The molecule has 0 spiro atoms. The van der Waals surface area contributed by atoms with Crippen LogP contribution < -0.4 is 11.5 Å². The van der Waals surface area contributed by atoms with Gasteiger partial charge in [0, 0.05) is 11.1 Å². The molecule has 2 saturated carbocycles. The Balaban J connectivity index is 2.34. The number of fused-ring (bicyclic) bond motifs is 2. The van der Waals surface area contributed by atoms with Crippen LogP contribution in [0.25, 0.3) is 0 Å². The van der Waals surface area contributed by atoms with Crippen molar-refractivity contribution in [2.24, 2.45) is 38.4 Å². The Morgan fingerprint density at radius 2 is 2.00 bits per heavy atom. The van der Waals surface area contributed by atoms with Gasteiger partial charge in [-0.1, -0.05) is 20.8 Å². The highest BCUT2D eigenvalue weighted by Gasteiger charge is 2.59. The number of rotatable bonds is 1. The lowest BCUT2D eigenvalue weighted by Crippen LogP contribution is -2.32. The highest BCUT2D eigenvalue weighted by Crippen LogP contribution is 2.63. The fourth-order valence-electron chi connectivity index (χ4n) is 3.20. The lowest BCUT2D eigenvalue weighted by molar-refractivity contribution is 0.194. The zero-order chi connectivity index (χ0) is 11.3. The summed E-state index contributed by atoms with van der Waals surface area (Å²) < 4.78 is 0. The van der Waals surface area contributed by atoms with Crippen LogP contribution in [0.1, 0.15) is 40.0 Å². The minimum absolute atomic E-state index is 0.0479. The van der Waals surface area contributed by atoms with Crippen LogP contribution in [0.2, 0.25) is 0 Å². The van der Waals surface area contributed by atoms with Crippen molar-refractivity contribution in [2.75, 3.05) is 0 Å². The standard InChI is InChI=1S/C11H20N4/c1-10(2)7-4-5-11(10,3)8(6-7)14-15-9(12)13/h7H,4-6H2,1-3H3,(H4,12,13,15)/b14-8+/t7-,11-/m1/s1. The maximum absolute atomic E-state index is 5.30. The zero-order valence-corrected chi connectivity index (χ0v) is 9.75. The van der Waals surface area contributed by atoms with Crippen molar-refractivity contribution in [3.05, 3.63) is 0 Å². The molecule has 0 saturated heterocycles. The minimum Gasteiger partial charge on any atom is -0.369 e. The highest BCUT2D eigenvalue weighted by molar-refractivity contribution is 5.94. The van der Waals surface area contributed by atoms with E-state index in [0.717, 1.165) is 12.3 Å². The maximum atomic E-state index is 5.30. The number of nitrogens with zero attached hydrogens (tertiary/aromatic N) is 2. The predicted molar refractivity (Wildman–Crippen MR) is 62.5 cm³/mol. The van der Waals surface area contributed by atoms with Gasteiger partial charge in [-0.15, -0.1) is 5.10 Å². The Bertz CT molecular complexity index is 338. The molecule has 0 aliphatic heterocycles. The molecule has 84 valence electrons. The van der Waals surface area contributed by atoms with Crippen molar-refractivity contribution in [2.45, 2.75) is 40.0 Å². The van der Waals surface area contributed by atoms with Gasteiger partial charge >= 0.3 is 0 Å². The second kappa shape index (κ2) is 2.97. The summed E-state index contributed by atoms with van der Waals surface area (Å²) in [7, 11) is 0. The fraction of sp³-hybridized carbons (Fsp3) is 0.818. The summed E-state index contributed by atoms with van der Waals surface area (Å²) in [5.41, 5.74) is 12.3. The molecule has 4 nitrogen and oxygen atoms in total. The summed E-state index contributed by atoms with van der Waals surface area (Å²) in [6.07, 6.45) is 3.58. The van der Waals surface area contributed by atoms with E-state index in [9.17, 15) is 0 Å². The first-order valence-electron chi connectivity index (χ1n) is 5.54. The highest BCUT2D eigenvalue weighted by atomic mass is 15.3. The molecule has 0 heterocycles. The minimum atomic E-state index is 0.0479. The van der Waals surface area contributed by atoms with E-state index >= 15 is 0 Å². The summed E-state index contributed by atoms with van der Waals surface area (Å²) in [5.74, 6) is 0.794. The van der Waals surface area contributed by atoms with Crippen molar-refractivity contribution in [1.29, 1.82) is 0 Å². The first kappa shape index (κ1) is 10.5. The monoisotopic (exact) mass is 208 g/mol. The van der Waals surface area contributed by atoms with Crippen molar-refractivity contribution in [3.8, 4) is 0 Å². The SMILES string of the molecule is CC1(C)[C@@H]2CC[C@]1(C)/C(=N/N=C(N)N)C2. The van der Waals surface area contributed by atoms with Gasteiger partial charge < -0.3 is 11.5 Å². The van der Waals surface area contributed by atoms with E-state index in [2.05, 4.69) is 31.0 Å². The van der Waals surface area contributed by atoms with Gasteiger partial charge in [-0.05, 0) is 30.6 Å². The molecule has 2 aliphatic carbocycles. The Morgan fingerprint density at radius 1 is 1.33 bits per heavy atom. The second-order valence-corrected chi connectivity index (χ2v) is 5.57. The molecule has 0 aromatic rings. The molecular formula is C11H20N4. The van der Waals surface area contributed by atoms with Crippen LogP contribution in [0.3, 0.4) is 0 Å². The number of guanidine groups is 1. The molecule has 2 bridgehead atoms. The van der Waals surface area contributed by atoms with E-state index in [1.54, 1.807) is 0 Å². The Kier molecular flexibility index (Phi) is 2.07. The van der Waals surface area contributed by atoms with Crippen molar-refractivity contribution >= 4 is 11.7 Å². The molecule has 0 radical (unpaired) electrons. The van der Waals surface area contributed by atoms with Crippen molar-refractivity contribution in [3.63, 3.8) is 0 Å². The zero-order valence-electron chi connectivity index (χ0n) is 9.75. The third-order valence-electron chi connectivity index (χ3n) is 4.80. The normalized spacial score (nSPS) is 39.7. The third kappa shape index (κ3) is 1.27. The van der Waals surface area contributed by atoms with Gasteiger partial charge in [0.05, 0.1) is 0 Å². The molecule has 2 fully saturated rings.